The van der Waals surface area contributed by atoms with Crippen LogP contribution in [0, 0.1) is 0 Å². The minimum absolute atomic E-state index is 0.161. The molecule has 0 atom stereocenters. The summed E-state index contributed by atoms with van der Waals surface area (Å²) in [7, 11) is 0. The number of nitrogens with one attached hydrogen (secondary N) is 1. The predicted octanol–water partition coefficient (Wildman–Crippen LogP) is 4.83. The average molecular weight is 427 g/mol. The van der Waals surface area contributed by atoms with Crippen molar-refractivity contribution in [3.05, 3.63) is 34.6 Å². The molecule has 0 aromatic carbocycles. The highest BCUT2D eigenvalue weighted by atomic mass is 32.1. The molecule has 1 saturated heterocycles. The maximum Gasteiger partial charge on any atom is 0.258 e. The van der Waals surface area contributed by atoms with Gasteiger partial charge in [-0.2, -0.15) is 5.10 Å². The Morgan fingerprint density at radius 1 is 1.17 bits per heavy atom. The van der Waals surface area contributed by atoms with Crippen LogP contribution in [0.3, 0.4) is 0 Å². The summed E-state index contributed by atoms with van der Waals surface area (Å²) < 4.78 is 1.87. The second-order valence-corrected chi connectivity index (χ2v) is 9.46. The maximum atomic E-state index is 13.2. The van der Waals surface area contributed by atoms with Crippen LogP contribution in [0.25, 0.3) is 11.0 Å². The van der Waals surface area contributed by atoms with Gasteiger partial charge in [-0.25, -0.2) is 14.6 Å². The zero-order valence-electron chi connectivity index (χ0n) is 18.2. The molecule has 3 aromatic heterocycles. The summed E-state index contributed by atoms with van der Waals surface area (Å²) in [5.74, 6) is 0.0546. The number of carbonyl (C=O) groups excluding carboxylic acids is 1. The zero-order valence-corrected chi connectivity index (χ0v) is 19.0. The molecule has 0 spiro atoms. The van der Waals surface area contributed by atoms with Crippen molar-refractivity contribution >= 4 is 33.4 Å². The first-order valence-electron chi connectivity index (χ1n) is 10.8. The highest BCUT2D eigenvalue weighted by Crippen LogP contribution is 2.26. The fourth-order valence-electron chi connectivity index (χ4n) is 3.85. The van der Waals surface area contributed by atoms with Crippen molar-refractivity contribution in [1.29, 1.82) is 0 Å². The molecule has 1 amide bonds. The van der Waals surface area contributed by atoms with Crippen molar-refractivity contribution in [2.75, 3.05) is 18.4 Å². The van der Waals surface area contributed by atoms with Gasteiger partial charge in [0.25, 0.3) is 5.91 Å². The van der Waals surface area contributed by atoms with E-state index in [1.165, 1.54) is 30.6 Å². The third-order valence-corrected chi connectivity index (χ3v) is 6.32. The normalized spacial score (nSPS) is 15.4. The topological polar surface area (TPSA) is 75.9 Å². The van der Waals surface area contributed by atoms with Gasteiger partial charge in [0.15, 0.2) is 10.8 Å². The van der Waals surface area contributed by atoms with Gasteiger partial charge >= 0.3 is 0 Å². The van der Waals surface area contributed by atoms with Crippen LogP contribution < -0.4 is 5.32 Å². The van der Waals surface area contributed by atoms with E-state index >= 15 is 0 Å². The van der Waals surface area contributed by atoms with Crippen LogP contribution in [0.15, 0.2) is 17.6 Å². The zero-order chi connectivity index (χ0) is 21.3. The van der Waals surface area contributed by atoms with Crippen molar-refractivity contribution in [2.45, 2.75) is 65.5 Å². The number of rotatable bonds is 6. The molecule has 4 rings (SSSR count). The molecule has 3 aromatic rings. The fourth-order valence-corrected chi connectivity index (χ4v) is 4.54. The van der Waals surface area contributed by atoms with Crippen molar-refractivity contribution in [2.24, 2.45) is 0 Å². The fraction of sp³-hybridized carbons (Fsp3) is 0.545. The first-order valence-corrected chi connectivity index (χ1v) is 11.7. The first-order chi connectivity index (χ1) is 14.4. The van der Waals surface area contributed by atoms with Crippen molar-refractivity contribution < 1.29 is 4.79 Å². The van der Waals surface area contributed by atoms with Crippen molar-refractivity contribution in [1.82, 2.24) is 24.6 Å². The molecule has 1 N–H and O–H groups in total. The number of anilines is 1. The number of fused-ring (bicyclic) bond motifs is 1. The van der Waals surface area contributed by atoms with E-state index in [1.807, 2.05) is 16.1 Å². The van der Waals surface area contributed by atoms with E-state index in [2.05, 4.69) is 48.0 Å². The standard InChI is InChI=1S/C22H30N6OS/c1-14(2)19-10-17(18-11-23-28(15(3)4)20(18)25-19)21(29)26-22-24-16(13-30-22)12-27-8-6-5-7-9-27/h10-11,13-15H,5-9,12H2,1-4H3,(H,24,26,29). The van der Waals surface area contributed by atoms with E-state index < -0.39 is 0 Å². The Labute approximate surface area is 181 Å². The molecular formula is C22H30N6OS. The maximum absolute atomic E-state index is 13.2. The highest BCUT2D eigenvalue weighted by molar-refractivity contribution is 7.14. The Morgan fingerprint density at radius 3 is 2.63 bits per heavy atom. The summed E-state index contributed by atoms with van der Waals surface area (Å²) in [5, 5.41) is 10.9. The predicted molar refractivity (Wildman–Crippen MR) is 121 cm³/mol. The average Bonchev–Trinajstić information content (AvgIpc) is 3.34. The minimum atomic E-state index is -0.161. The number of carbonyl (C=O) groups is 1. The van der Waals surface area contributed by atoms with Gasteiger partial charge in [-0.15, -0.1) is 11.3 Å². The van der Waals surface area contributed by atoms with Crippen LogP contribution in [0.2, 0.25) is 0 Å². The summed E-state index contributed by atoms with van der Waals surface area (Å²) >= 11 is 1.48. The molecule has 4 heterocycles. The second kappa shape index (κ2) is 8.81. The van der Waals surface area contributed by atoms with Gasteiger partial charge in [0.1, 0.15) is 0 Å². The molecule has 1 aliphatic heterocycles. The quantitative estimate of drug-likeness (QED) is 0.611. The number of hydrogen-bond acceptors (Lipinski definition) is 6. The number of thiazole rings is 1. The van der Waals surface area contributed by atoms with E-state index in [-0.39, 0.29) is 17.9 Å². The Balaban J connectivity index is 1.57. The van der Waals surface area contributed by atoms with Crippen LogP contribution in [-0.2, 0) is 6.54 Å². The van der Waals surface area contributed by atoms with Crippen LogP contribution in [0.5, 0.6) is 0 Å². The number of likely N-dealkylation sites (tertiary alicyclic amines) is 1. The molecule has 8 heteroatoms. The molecule has 0 aliphatic carbocycles. The van der Waals surface area contributed by atoms with E-state index in [1.54, 1.807) is 6.20 Å². The third-order valence-electron chi connectivity index (χ3n) is 5.52. The summed E-state index contributed by atoms with van der Waals surface area (Å²) in [5.41, 5.74) is 3.27. The van der Waals surface area contributed by atoms with E-state index in [4.69, 9.17) is 4.98 Å². The smallest absolute Gasteiger partial charge is 0.258 e. The van der Waals surface area contributed by atoms with Crippen LogP contribution in [0.4, 0.5) is 5.13 Å². The van der Waals surface area contributed by atoms with Gasteiger partial charge in [0, 0.05) is 23.7 Å². The lowest BCUT2D eigenvalue weighted by molar-refractivity contribution is 0.102. The van der Waals surface area contributed by atoms with Gasteiger partial charge in [-0.1, -0.05) is 20.3 Å². The Hall–Kier alpha value is -2.32. The monoisotopic (exact) mass is 426 g/mol. The molecule has 30 heavy (non-hydrogen) atoms. The summed E-state index contributed by atoms with van der Waals surface area (Å²) in [4.78, 5) is 25.0. The molecular weight excluding hydrogens is 396 g/mol. The molecule has 0 radical (unpaired) electrons. The lowest BCUT2D eigenvalue weighted by Gasteiger charge is -2.25. The molecule has 1 aliphatic rings. The van der Waals surface area contributed by atoms with E-state index in [9.17, 15) is 4.79 Å². The highest BCUT2D eigenvalue weighted by Gasteiger charge is 2.20. The largest absolute Gasteiger partial charge is 0.298 e. The molecule has 0 bridgehead atoms. The summed E-state index contributed by atoms with van der Waals surface area (Å²) in [6.07, 6.45) is 5.58. The Bertz CT molecular complexity index is 1030. The number of amides is 1. The SMILES string of the molecule is CC(C)c1cc(C(=O)Nc2nc(CN3CCCCC3)cs2)c2cnn(C(C)C)c2n1. The summed E-state index contributed by atoms with van der Waals surface area (Å²) in [6.45, 7) is 11.4. The van der Waals surface area contributed by atoms with Gasteiger partial charge in [0.2, 0.25) is 0 Å². The molecule has 160 valence electrons. The number of nitrogens with zero attached hydrogens (tertiary/aromatic N) is 5. The Kier molecular flexibility index (Phi) is 6.15. The third kappa shape index (κ3) is 4.39. The Morgan fingerprint density at radius 2 is 1.93 bits per heavy atom. The van der Waals surface area contributed by atoms with E-state index in [0.29, 0.717) is 10.7 Å². The number of piperidine rings is 1. The van der Waals surface area contributed by atoms with Gasteiger partial charge in [0.05, 0.1) is 22.8 Å². The lowest BCUT2D eigenvalue weighted by Crippen LogP contribution is -2.29. The molecule has 1 fully saturated rings. The van der Waals surface area contributed by atoms with Crippen LogP contribution >= 0.6 is 11.3 Å². The van der Waals surface area contributed by atoms with Gasteiger partial charge in [-0.05, 0) is 51.8 Å². The van der Waals surface area contributed by atoms with Gasteiger partial charge < -0.3 is 0 Å². The van der Waals surface area contributed by atoms with Crippen molar-refractivity contribution in [3.8, 4) is 0 Å². The second-order valence-electron chi connectivity index (χ2n) is 8.60. The number of hydrogen-bond donors (Lipinski definition) is 1. The van der Waals surface area contributed by atoms with Crippen LogP contribution in [-0.4, -0.2) is 43.6 Å². The summed E-state index contributed by atoms with van der Waals surface area (Å²) in [6, 6.07) is 2.06. The minimum Gasteiger partial charge on any atom is -0.298 e. The number of pyridine rings is 1. The molecule has 7 nitrogen and oxygen atoms in total. The first kappa shape index (κ1) is 20.9. The van der Waals surface area contributed by atoms with E-state index in [0.717, 1.165) is 42.1 Å². The van der Waals surface area contributed by atoms with Gasteiger partial charge in [-0.3, -0.25) is 15.0 Å². The number of aromatic nitrogens is 4. The van der Waals surface area contributed by atoms with Crippen LogP contribution in [0.1, 0.15) is 80.7 Å². The molecule has 0 saturated carbocycles. The van der Waals surface area contributed by atoms with Crippen molar-refractivity contribution in [3.63, 3.8) is 0 Å². The lowest BCUT2D eigenvalue weighted by atomic mass is 10.0. The molecule has 0 unspecified atom stereocenters.